The fraction of sp³-hybridized carbons (Fsp3) is 0.267. The minimum atomic E-state index is -3.30. The van der Waals surface area contributed by atoms with Crippen LogP contribution in [0.2, 0.25) is 0 Å². The van der Waals surface area contributed by atoms with Crippen molar-refractivity contribution in [2.45, 2.75) is 25.3 Å². The molecular formula is C15H17NO4S. The van der Waals surface area contributed by atoms with Crippen LogP contribution in [0.4, 0.5) is 0 Å². The van der Waals surface area contributed by atoms with E-state index in [4.69, 9.17) is 4.74 Å². The Morgan fingerprint density at radius 3 is 2.57 bits per heavy atom. The van der Waals surface area contributed by atoms with Gasteiger partial charge in [-0.3, -0.25) is 0 Å². The SMILES string of the molecule is Cc1cc(C)c(CO)c(Oc2cccc(S(C)(=O)=O)c2)n1. The molecule has 0 aliphatic rings. The number of hydrogen-bond donors (Lipinski definition) is 1. The van der Waals surface area contributed by atoms with Gasteiger partial charge in [0, 0.05) is 17.5 Å². The Kier molecular flexibility index (Phi) is 4.29. The lowest BCUT2D eigenvalue weighted by molar-refractivity contribution is 0.274. The van der Waals surface area contributed by atoms with Crippen LogP contribution in [0.15, 0.2) is 35.2 Å². The predicted octanol–water partition coefficient (Wildman–Crippen LogP) is 2.39. The van der Waals surface area contributed by atoms with Gasteiger partial charge < -0.3 is 9.84 Å². The molecule has 0 atom stereocenters. The molecule has 1 aromatic heterocycles. The van der Waals surface area contributed by atoms with E-state index in [0.29, 0.717) is 17.2 Å². The summed E-state index contributed by atoms with van der Waals surface area (Å²) in [5, 5.41) is 9.44. The lowest BCUT2D eigenvalue weighted by atomic mass is 10.1. The lowest BCUT2D eigenvalue weighted by Crippen LogP contribution is -2.01. The smallest absolute Gasteiger partial charge is 0.225 e. The lowest BCUT2D eigenvalue weighted by Gasteiger charge is -2.12. The second kappa shape index (κ2) is 5.83. The Balaban J connectivity index is 2.43. The first-order valence-electron chi connectivity index (χ1n) is 6.37. The summed E-state index contributed by atoms with van der Waals surface area (Å²) in [6.07, 6.45) is 1.14. The van der Waals surface area contributed by atoms with E-state index in [9.17, 15) is 13.5 Å². The van der Waals surface area contributed by atoms with Gasteiger partial charge in [-0.2, -0.15) is 0 Å². The van der Waals surface area contributed by atoms with Gasteiger partial charge in [-0.25, -0.2) is 13.4 Å². The largest absolute Gasteiger partial charge is 0.439 e. The number of rotatable bonds is 4. The summed E-state index contributed by atoms with van der Waals surface area (Å²) in [6, 6.07) is 8.05. The molecule has 5 nitrogen and oxygen atoms in total. The molecule has 0 bridgehead atoms. The number of aliphatic hydroxyl groups is 1. The summed E-state index contributed by atoms with van der Waals surface area (Å²) in [5.74, 6) is 0.658. The summed E-state index contributed by atoms with van der Waals surface area (Å²) in [5.41, 5.74) is 2.23. The minimum Gasteiger partial charge on any atom is -0.439 e. The van der Waals surface area contributed by atoms with Crippen molar-refractivity contribution in [3.8, 4) is 11.6 Å². The molecule has 2 rings (SSSR count). The van der Waals surface area contributed by atoms with Gasteiger partial charge in [-0.15, -0.1) is 0 Å². The Morgan fingerprint density at radius 2 is 1.95 bits per heavy atom. The number of nitrogens with zero attached hydrogens (tertiary/aromatic N) is 1. The maximum atomic E-state index is 11.6. The number of aliphatic hydroxyl groups excluding tert-OH is 1. The van der Waals surface area contributed by atoms with Gasteiger partial charge in [-0.1, -0.05) is 6.07 Å². The van der Waals surface area contributed by atoms with Gasteiger partial charge in [-0.05, 0) is 43.7 Å². The molecule has 0 saturated heterocycles. The van der Waals surface area contributed by atoms with Gasteiger partial charge >= 0.3 is 0 Å². The van der Waals surface area contributed by atoms with Crippen molar-refractivity contribution in [3.63, 3.8) is 0 Å². The normalized spacial score (nSPS) is 11.4. The van der Waals surface area contributed by atoms with Crippen LogP contribution in [0.5, 0.6) is 11.6 Å². The van der Waals surface area contributed by atoms with Crippen LogP contribution in [0.3, 0.4) is 0 Å². The number of aryl methyl sites for hydroxylation is 2. The van der Waals surface area contributed by atoms with Crippen molar-refractivity contribution in [3.05, 3.63) is 47.2 Å². The molecule has 0 amide bonds. The standard InChI is InChI=1S/C15H17NO4S/c1-10-7-11(2)16-15(14(10)9-17)20-12-5-4-6-13(8-12)21(3,18)19/h4-8,17H,9H2,1-3H3. The predicted molar refractivity (Wildman–Crippen MR) is 79.3 cm³/mol. The van der Waals surface area contributed by atoms with Crippen LogP contribution in [0.25, 0.3) is 0 Å². The van der Waals surface area contributed by atoms with E-state index in [-0.39, 0.29) is 11.5 Å². The maximum absolute atomic E-state index is 11.6. The van der Waals surface area contributed by atoms with Crippen LogP contribution in [-0.2, 0) is 16.4 Å². The average molecular weight is 307 g/mol. The fourth-order valence-corrected chi connectivity index (χ4v) is 2.64. The Hall–Kier alpha value is -1.92. The Labute approximate surface area is 124 Å². The number of hydrogen-bond acceptors (Lipinski definition) is 5. The monoisotopic (exact) mass is 307 g/mol. The number of benzene rings is 1. The number of ether oxygens (including phenoxy) is 1. The molecule has 0 unspecified atom stereocenters. The van der Waals surface area contributed by atoms with Crippen LogP contribution >= 0.6 is 0 Å². The minimum absolute atomic E-state index is 0.176. The average Bonchev–Trinajstić information content (AvgIpc) is 2.37. The molecule has 0 aliphatic heterocycles. The first-order valence-corrected chi connectivity index (χ1v) is 8.26. The number of sulfone groups is 1. The van der Waals surface area contributed by atoms with Crippen molar-refractivity contribution in [1.29, 1.82) is 0 Å². The molecule has 0 spiro atoms. The molecular weight excluding hydrogens is 290 g/mol. The highest BCUT2D eigenvalue weighted by molar-refractivity contribution is 7.90. The highest BCUT2D eigenvalue weighted by atomic mass is 32.2. The molecule has 6 heteroatoms. The van der Waals surface area contributed by atoms with E-state index in [2.05, 4.69) is 4.98 Å². The maximum Gasteiger partial charge on any atom is 0.225 e. The zero-order valence-corrected chi connectivity index (χ0v) is 12.9. The van der Waals surface area contributed by atoms with Crippen molar-refractivity contribution < 1.29 is 18.3 Å². The third kappa shape index (κ3) is 3.59. The van der Waals surface area contributed by atoms with Crippen molar-refractivity contribution in [2.75, 3.05) is 6.26 Å². The van der Waals surface area contributed by atoms with Crippen molar-refractivity contribution in [1.82, 2.24) is 4.98 Å². The van der Waals surface area contributed by atoms with E-state index in [1.165, 1.54) is 12.1 Å². The van der Waals surface area contributed by atoms with E-state index < -0.39 is 9.84 Å². The molecule has 1 heterocycles. The fourth-order valence-electron chi connectivity index (χ4n) is 1.99. The third-order valence-corrected chi connectivity index (χ3v) is 4.15. The molecule has 1 N–H and O–H groups in total. The molecule has 112 valence electrons. The molecule has 0 saturated carbocycles. The topological polar surface area (TPSA) is 76.5 Å². The number of aromatic nitrogens is 1. The van der Waals surface area contributed by atoms with Gasteiger partial charge in [0.15, 0.2) is 9.84 Å². The van der Waals surface area contributed by atoms with Crippen LogP contribution in [-0.4, -0.2) is 24.8 Å². The highest BCUT2D eigenvalue weighted by Crippen LogP contribution is 2.27. The van der Waals surface area contributed by atoms with Crippen molar-refractivity contribution >= 4 is 9.84 Å². The summed E-state index contributed by atoms with van der Waals surface area (Å²) in [7, 11) is -3.30. The molecule has 1 aromatic carbocycles. The molecule has 0 radical (unpaired) electrons. The Morgan fingerprint density at radius 1 is 1.24 bits per heavy atom. The van der Waals surface area contributed by atoms with Crippen molar-refractivity contribution in [2.24, 2.45) is 0 Å². The zero-order valence-electron chi connectivity index (χ0n) is 12.1. The molecule has 0 aliphatic carbocycles. The number of pyridine rings is 1. The molecule has 0 fully saturated rings. The van der Waals surface area contributed by atoms with E-state index >= 15 is 0 Å². The summed E-state index contributed by atoms with van der Waals surface area (Å²) >= 11 is 0. The van der Waals surface area contributed by atoms with Crippen LogP contribution in [0, 0.1) is 13.8 Å². The van der Waals surface area contributed by atoms with E-state index in [1.54, 1.807) is 12.1 Å². The van der Waals surface area contributed by atoms with E-state index in [0.717, 1.165) is 17.5 Å². The van der Waals surface area contributed by atoms with Crippen LogP contribution < -0.4 is 4.74 Å². The highest BCUT2D eigenvalue weighted by Gasteiger charge is 2.12. The Bertz CT molecular complexity index is 769. The second-order valence-corrected chi connectivity index (χ2v) is 6.89. The van der Waals surface area contributed by atoms with Gasteiger partial charge in [0.05, 0.1) is 11.5 Å². The first kappa shape index (κ1) is 15.5. The third-order valence-electron chi connectivity index (χ3n) is 3.04. The van der Waals surface area contributed by atoms with Gasteiger partial charge in [0.25, 0.3) is 0 Å². The molecule has 21 heavy (non-hydrogen) atoms. The quantitative estimate of drug-likeness (QED) is 0.938. The summed E-state index contributed by atoms with van der Waals surface area (Å²) < 4.78 is 28.8. The summed E-state index contributed by atoms with van der Waals surface area (Å²) in [4.78, 5) is 4.44. The first-order chi connectivity index (χ1) is 9.81. The zero-order chi connectivity index (χ0) is 15.6. The second-order valence-electron chi connectivity index (χ2n) is 4.87. The summed E-state index contributed by atoms with van der Waals surface area (Å²) in [6.45, 7) is 3.49. The van der Waals surface area contributed by atoms with E-state index in [1.807, 2.05) is 19.9 Å². The van der Waals surface area contributed by atoms with Crippen LogP contribution in [0.1, 0.15) is 16.8 Å². The van der Waals surface area contributed by atoms with Gasteiger partial charge in [0.2, 0.25) is 5.88 Å². The van der Waals surface area contributed by atoms with Gasteiger partial charge in [0.1, 0.15) is 5.75 Å². The molecule has 2 aromatic rings.